The topological polar surface area (TPSA) is 74.4 Å². The maximum absolute atomic E-state index is 10.8. The number of nitrogens with zero attached hydrogens (tertiary/aromatic N) is 4. The number of hydrogen-bond acceptors (Lipinski definition) is 8. The molecule has 3 rings (SSSR count). The van der Waals surface area contributed by atoms with Crippen LogP contribution in [0.3, 0.4) is 0 Å². The second-order valence-corrected chi connectivity index (χ2v) is 9.63. The third-order valence-corrected chi connectivity index (χ3v) is 6.31. The lowest BCUT2D eigenvalue weighted by molar-refractivity contribution is 0.000978. The van der Waals surface area contributed by atoms with Crippen molar-refractivity contribution in [3.8, 4) is 11.3 Å². The van der Waals surface area contributed by atoms with Crippen LogP contribution in [0.1, 0.15) is 33.3 Å². The molecular formula is C27H44N4O4. The molecular weight excluding hydrogens is 444 g/mol. The zero-order valence-electron chi connectivity index (χ0n) is 22.0. The first kappa shape index (κ1) is 27.6. The highest BCUT2D eigenvalue weighted by atomic mass is 16.5. The minimum Gasteiger partial charge on any atom is -0.389 e. The van der Waals surface area contributed by atoms with Gasteiger partial charge < -0.3 is 24.0 Å². The average molecular weight is 489 g/mol. The molecule has 1 fully saturated rings. The van der Waals surface area contributed by atoms with E-state index in [0.717, 1.165) is 75.2 Å². The van der Waals surface area contributed by atoms with Crippen LogP contribution in [0.5, 0.6) is 0 Å². The minimum atomic E-state index is -0.560. The second-order valence-electron chi connectivity index (χ2n) is 9.63. The molecule has 8 heteroatoms. The smallest absolute Gasteiger partial charge is 0.232 e. The molecule has 1 saturated heterocycles. The summed E-state index contributed by atoms with van der Waals surface area (Å²) in [4.78, 5) is 6.94. The number of hydrogen-bond donors (Lipinski definition) is 1. The van der Waals surface area contributed by atoms with Crippen molar-refractivity contribution in [3.05, 3.63) is 35.9 Å². The van der Waals surface area contributed by atoms with E-state index in [-0.39, 0.29) is 0 Å². The Bertz CT molecular complexity index is 835. The van der Waals surface area contributed by atoms with Gasteiger partial charge in [-0.15, -0.1) is 0 Å². The summed E-state index contributed by atoms with van der Waals surface area (Å²) >= 11 is 0. The van der Waals surface area contributed by atoms with E-state index in [0.29, 0.717) is 32.2 Å². The van der Waals surface area contributed by atoms with E-state index >= 15 is 0 Å². The van der Waals surface area contributed by atoms with Crippen molar-refractivity contribution in [2.75, 3.05) is 77.1 Å². The van der Waals surface area contributed by atoms with Crippen molar-refractivity contribution in [1.82, 2.24) is 15.0 Å². The molecule has 8 nitrogen and oxygen atoms in total. The number of ether oxygens (including phenoxy) is 2. The highest BCUT2D eigenvalue weighted by Gasteiger charge is 2.25. The van der Waals surface area contributed by atoms with Gasteiger partial charge in [0.2, 0.25) is 5.88 Å². The average Bonchev–Trinajstić information content (AvgIpc) is 3.27. The van der Waals surface area contributed by atoms with Crippen LogP contribution in [-0.2, 0) is 16.0 Å². The zero-order valence-corrected chi connectivity index (χ0v) is 22.0. The molecule has 0 aliphatic carbocycles. The van der Waals surface area contributed by atoms with Crippen LogP contribution in [0.25, 0.3) is 11.3 Å². The van der Waals surface area contributed by atoms with Crippen LogP contribution in [-0.4, -0.2) is 98.4 Å². The molecule has 0 radical (unpaired) electrons. The first-order valence-corrected chi connectivity index (χ1v) is 13.1. The van der Waals surface area contributed by atoms with E-state index in [1.807, 2.05) is 18.2 Å². The quantitative estimate of drug-likeness (QED) is 0.409. The lowest BCUT2D eigenvalue weighted by Gasteiger charge is -2.31. The lowest BCUT2D eigenvalue weighted by atomic mass is 10.1. The van der Waals surface area contributed by atoms with Gasteiger partial charge in [-0.3, -0.25) is 9.80 Å². The Morgan fingerprint density at radius 2 is 1.80 bits per heavy atom. The summed E-state index contributed by atoms with van der Waals surface area (Å²) < 4.78 is 17.2. The van der Waals surface area contributed by atoms with Gasteiger partial charge in [-0.2, -0.15) is 0 Å². The summed E-state index contributed by atoms with van der Waals surface area (Å²) in [6, 6.07) is 10.2. The summed E-state index contributed by atoms with van der Waals surface area (Å²) in [5.41, 5.74) is 2.98. The van der Waals surface area contributed by atoms with Crippen molar-refractivity contribution in [3.63, 3.8) is 0 Å². The Balaban J connectivity index is 1.81. The molecule has 2 aromatic rings. The van der Waals surface area contributed by atoms with Gasteiger partial charge in [-0.05, 0) is 19.8 Å². The minimum absolute atomic E-state index is 0.338. The Labute approximate surface area is 210 Å². The van der Waals surface area contributed by atoms with Crippen LogP contribution in [0.2, 0.25) is 0 Å². The van der Waals surface area contributed by atoms with Crippen LogP contribution in [0, 0.1) is 5.92 Å². The predicted molar refractivity (Wildman–Crippen MR) is 140 cm³/mol. The first-order valence-electron chi connectivity index (χ1n) is 13.1. The summed E-state index contributed by atoms with van der Waals surface area (Å²) in [7, 11) is 0. The Kier molecular flexibility index (Phi) is 11.5. The van der Waals surface area contributed by atoms with E-state index in [1.165, 1.54) is 0 Å². The molecule has 1 atom stereocenters. The molecule has 0 amide bonds. The Hall–Kier alpha value is -1.97. The SMILES string of the molecule is CCN(CC)c1onc(-c2ccccc2)c1CN(CCN1CCOCC1)C[C@@H](O)COCC(C)C. The summed E-state index contributed by atoms with van der Waals surface area (Å²) in [5, 5.41) is 15.3. The van der Waals surface area contributed by atoms with Crippen molar-refractivity contribution in [1.29, 1.82) is 0 Å². The largest absolute Gasteiger partial charge is 0.389 e. The van der Waals surface area contributed by atoms with Gasteiger partial charge in [-0.25, -0.2) is 0 Å². The highest BCUT2D eigenvalue weighted by molar-refractivity contribution is 5.68. The summed E-state index contributed by atoms with van der Waals surface area (Å²) in [6.45, 7) is 17.5. The van der Waals surface area contributed by atoms with Crippen LogP contribution in [0.4, 0.5) is 5.88 Å². The number of aliphatic hydroxyl groups is 1. The van der Waals surface area contributed by atoms with Gasteiger partial charge in [0.1, 0.15) is 5.69 Å². The Morgan fingerprint density at radius 3 is 2.46 bits per heavy atom. The molecule has 1 N–H and O–H groups in total. The normalized spacial score (nSPS) is 15.7. The number of rotatable bonds is 15. The highest BCUT2D eigenvalue weighted by Crippen LogP contribution is 2.32. The molecule has 1 aliphatic rings. The van der Waals surface area contributed by atoms with E-state index in [9.17, 15) is 5.11 Å². The summed E-state index contributed by atoms with van der Waals surface area (Å²) in [5.74, 6) is 1.26. The fourth-order valence-corrected chi connectivity index (χ4v) is 4.38. The number of morpholine rings is 1. The fourth-order valence-electron chi connectivity index (χ4n) is 4.38. The third kappa shape index (κ3) is 8.58. The number of aromatic nitrogens is 1. The van der Waals surface area contributed by atoms with Crippen molar-refractivity contribution in [2.45, 2.75) is 40.3 Å². The van der Waals surface area contributed by atoms with Crippen molar-refractivity contribution < 1.29 is 19.1 Å². The maximum atomic E-state index is 10.8. The lowest BCUT2D eigenvalue weighted by Crippen LogP contribution is -2.43. The molecule has 1 aromatic heterocycles. The predicted octanol–water partition coefficient (Wildman–Crippen LogP) is 3.36. The molecule has 35 heavy (non-hydrogen) atoms. The van der Waals surface area contributed by atoms with Crippen molar-refractivity contribution in [2.24, 2.45) is 5.92 Å². The van der Waals surface area contributed by atoms with Crippen molar-refractivity contribution >= 4 is 5.88 Å². The molecule has 0 bridgehead atoms. The monoisotopic (exact) mass is 488 g/mol. The standard InChI is InChI=1S/C27H44N4O4/c1-5-31(6-2)27-25(26(28-35-27)23-10-8-7-9-11-23)19-30(13-12-29-14-16-33-17-15-29)18-24(32)21-34-20-22(3)4/h7-11,22,24,32H,5-6,12-21H2,1-4H3/t24-/m1/s1. The van der Waals surface area contributed by atoms with Crippen LogP contribution in [0.15, 0.2) is 34.9 Å². The molecule has 1 aliphatic heterocycles. The van der Waals surface area contributed by atoms with Crippen LogP contribution >= 0.6 is 0 Å². The second kappa shape index (κ2) is 14.6. The van der Waals surface area contributed by atoms with E-state index in [1.54, 1.807) is 0 Å². The van der Waals surface area contributed by atoms with E-state index < -0.39 is 6.10 Å². The van der Waals surface area contributed by atoms with E-state index in [2.05, 4.69) is 59.7 Å². The number of anilines is 1. The molecule has 1 aromatic carbocycles. The van der Waals surface area contributed by atoms with Gasteiger partial charge in [0, 0.05) is 64.5 Å². The molecule has 0 unspecified atom stereocenters. The Morgan fingerprint density at radius 1 is 1.09 bits per heavy atom. The van der Waals surface area contributed by atoms with E-state index in [4.69, 9.17) is 14.0 Å². The molecule has 0 saturated carbocycles. The maximum Gasteiger partial charge on any atom is 0.232 e. The van der Waals surface area contributed by atoms with Gasteiger partial charge in [0.15, 0.2) is 0 Å². The summed E-state index contributed by atoms with van der Waals surface area (Å²) in [6.07, 6.45) is -0.560. The van der Waals surface area contributed by atoms with Gasteiger partial charge in [0.05, 0.1) is 31.5 Å². The zero-order chi connectivity index (χ0) is 25.0. The van der Waals surface area contributed by atoms with Crippen LogP contribution < -0.4 is 4.90 Å². The van der Waals surface area contributed by atoms with Gasteiger partial charge in [-0.1, -0.05) is 49.3 Å². The molecule has 2 heterocycles. The van der Waals surface area contributed by atoms with Gasteiger partial charge in [0.25, 0.3) is 0 Å². The number of aliphatic hydroxyl groups excluding tert-OH is 1. The molecule has 0 spiro atoms. The first-order chi connectivity index (χ1) is 17.0. The number of benzene rings is 1. The fraction of sp³-hybridized carbons (Fsp3) is 0.667. The van der Waals surface area contributed by atoms with Gasteiger partial charge >= 0.3 is 0 Å². The third-order valence-electron chi connectivity index (χ3n) is 6.31. The molecule has 196 valence electrons.